The second kappa shape index (κ2) is 7.13. The quantitative estimate of drug-likeness (QED) is 0.568. The van der Waals surface area contributed by atoms with E-state index in [1.807, 2.05) is 36.4 Å². The molecule has 0 saturated carbocycles. The van der Waals surface area contributed by atoms with E-state index in [1.165, 1.54) is 0 Å². The Morgan fingerprint density at radius 2 is 1.73 bits per heavy atom. The summed E-state index contributed by atoms with van der Waals surface area (Å²) >= 11 is 0. The van der Waals surface area contributed by atoms with Crippen molar-refractivity contribution in [2.45, 2.75) is 0 Å². The van der Waals surface area contributed by atoms with Crippen molar-refractivity contribution < 1.29 is 4.70 Å². The number of halogens is 1. The first-order valence-corrected chi connectivity index (χ1v) is 2.84. The van der Waals surface area contributed by atoms with E-state index in [4.69, 9.17) is 0 Å². The standard InChI is InChI=1S/C9H8.FH.H2S/c1-2-6-9-7-4-3-5-8-9;;/h3-8H,1H2;1H;1H2. The molecule has 0 aliphatic heterocycles. The lowest BCUT2D eigenvalue weighted by molar-refractivity contribution is 1.11. The van der Waals surface area contributed by atoms with E-state index in [0.29, 0.717) is 0 Å². The maximum atomic E-state index is 3.48. The van der Waals surface area contributed by atoms with Crippen molar-refractivity contribution >= 4 is 19.6 Å². The lowest BCUT2D eigenvalue weighted by Crippen LogP contribution is -1.64. The summed E-state index contributed by atoms with van der Waals surface area (Å²) in [6, 6.07) is 9.99. The van der Waals surface area contributed by atoms with E-state index in [0.717, 1.165) is 5.56 Å². The molecule has 0 saturated heterocycles. The van der Waals surface area contributed by atoms with Crippen LogP contribution in [0.15, 0.2) is 42.6 Å². The van der Waals surface area contributed by atoms with Crippen molar-refractivity contribution in [1.82, 2.24) is 0 Å². The maximum Gasteiger partial charge on any atom is -0.0133 e. The second-order valence-electron chi connectivity index (χ2n) is 1.76. The fraction of sp³-hybridized carbons (Fsp3) is 0. The van der Waals surface area contributed by atoms with E-state index in [9.17, 15) is 0 Å². The average molecular weight is 170 g/mol. The first-order chi connectivity index (χ1) is 4.43. The van der Waals surface area contributed by atoms with Gasteiger partial charge < -0.3 is 0 Å². The van der Waals surface area contributed by atoms with Crippen LogP contribution in [0.1, 0.15) is 5.56 Å². The molecule has 0 atom stereocenters. The van der Waals surface area contributed by atoms with Gasteiger partial charge in [0.05, 0.1) is 0 Å². The number of benzene rings is 1. The Hall–Kier alpha value is -0.980. The average Bonchev–Trinajstić information content (AvgIpc) is 1.91. The Bertz CT molecular complexity index is 225. The van der Waals surface area contributed by atoms with Crippen LogP contribution in [-0.2, 0) is 0 Å². The highest BCUT2D eigenvalue weighted by molar-refractivity contribution is 7.59. The van der Waals surface area contributed by atoms with Gasteiger partial charge in [-0.2, -0.15) is 13.5 Å². The molecular weight excluding hydrogens is 159 g/mol. The molecular formula is C9H11FS. The van der Waals surface area contributed by atoms with Gasteiger partial charge in [-0.05, 0) is 11.6 Å². The fourth-order valence-electron chi connectivity index (χ4n) is 0.667. The molecule has 0 spiro atoms. The van der Waals surface area contributed by atoms with Crippen LogP contribution in [0.2, 0.25) is 0 Å². The van der Waals surface area contributed by atoms with Gasteiger partial charge in [0.25, 0.3) is 0 Å². The molecule has 0 fully saturated rings. The normalized spacial score (nSPS) is 6.55. The summed E-state index contributed by atoms with van der Waals surface area (Å²) in [5.74, 6) is 0. The van der Waals surface area contributed by atoms with Crippen molar-refractivity contribution in [2.75, 3.05) is 0 Å². The third-order valence-electron chi connectivity index (χ3n) is 1.07. The van der Waals surface area contributed by atoms with Crippen LogP contribution < -0.4 is 0 Å². The summed E-state index contributed by atoms with van der Waals surface area (Å²) in [5, 5.41) is 0. The minimum absolute atomic E-state index is 0. The Labute approximate surface area is 73.1 Å². The molecule has 0 N–H and O–H groups in total. The van der Waals surface area contributed by atoms with Gasteiger partial charge >= 0.3 is 0 Å². The van der Waals surface area contributed by atoms with E-state index < -0.39 is 0 Å². The van der Waals surface area contributed by atoms with Gasteiger partial charge in [0.1, 0.15) is 0 Å². The monoisotopic (exact) mass is 170 g/mol. The van der Waals surface area contributed by atoms with Crippen LogP contribution in [0.3, 0.4) is 0 Å². The Morgan fingerprint density at radius 3 is 2.18 bits per heavy atom. The molecule has 11 heavy (non-hydrogen) atoms. The molecule has 60 valence electrons. The number of hydrogen-bond donors (Lipinski definition) is 0. The summed E-state index contributed by atoms with van der Waals surface area (Å²) in [7, 11) is 0. The van der Waals surface area contributed by atoms with Gasteiger partial charge in [-0.3, -0.25) is 4.70 Å². The molecule has 0 amide bonds. The largest absolute Gasteiger partial charge is 0.269 e. The van der Waals surface area contributed by atoms with Crippen molar-refractivity contribution in [3.8, 4) is 0 Å². The number of rotatable bonds is 1. The van der Waals surface area contributed by atoms with Gasteiger partial charge in [-0.1, -0.05) is 36.9 Å². The minimum Gasteiger partial charge on any atom is -0.269 e. The van der Waals surface area contributed by atoms with Gasteiger partial charge in [-0.15, -0.1) is 5.73 Å². The zero-order chi connectivity index (χ0) is 6.53. The molecule has 2 heteroatoms. The zero-order valence-corrected chi connectivity index (χ0v) is 7.08. The van der Waals surface area contributed by atoms with Crippen LogP contribution in [-0.4, -0.2) is 0 Å². The first kappa shape index (κ1) is 12.7. The van der Waals surface area contributed by atoms with Crippen LogP contribution in [0, 0.1) is 0 Å². The van der Waals surface area contributed by atoms with E-state index in [1.54, 1.807) is 0 Å². The number of hydrogen-bond acceptors (Lipinski definition) is 0. The molecule has 0 heterocycles. The Balaban J connectivity index is 0. The van der Waals surface area contributed by atoms with Crippen LogP contribution in [0.25, 0.3) is 6.08 Å². The van der Waals surface area contributed by atoms with Crippen molar-refractivity contribution in [3.05, 3.63) is 48.2 Å². The van der Waals surface area contributed by atoms with Crippen LogP contribution in [0.5, 0.6) is 0 Å². The smallest absolute Gasteiger partial charge is 0.0133 e. The molecule has 0 aromatic heterocycles. The Kier molecular flexibility index (Phi) is 8.22. The van der Waals surface area contributed by atoms with Gasteiger partial charge in [0, 0.05) is 0 Å². The minimum atomic E-state index is 0. The topological polar surface area (TPSA) is 0 Å². The summed E-state index contributed by atoms with van der Waals surface area (Å²) in [5.41, 5.74) is 3.85. The second-order valence-corrected chi connectivity index (χ2v) is 1.76. The summed E-state index contributed by atoms with van der Waals surface area (Å²) in [4.78, 5) is 0. The highest BCUT2D eigenvalue weighted by Gasteiger charge is 1.77. The van der Waals surface area contributed by atoms with Gasteiger partial charge in [-0.25, -0.2) is 0 Å². The highest BCUT2D eigenvalue weighted by atomic mass is 32.1. The van der Waals surface area contributed by atoms with E-state index in [2.05, 4.69) is 12.3 Å². The lowest BCUT2D eigenvalue weighted by atomic mass is 10.2. The molecule has 1 rings (SSSR count). The van der Waals surface area contributed by atoms with Gasteiger partial charge in [0.2, 0.25) is 0 Å². The van der Waals surface area contributed by atoms with Crippen molar-refractivity contribution in [3.63, 3.8) is 0 Å². The molecule has 0 unspecified atom stereocenters. The van der Waals surface area contributed by atoms with Crippen LogP contribution in [0.4, 0.5) is 4.70 Å². The molecule has 1 aromatic carbocycles. The van der Waals surface area contributed by atoms with E-state index >= 15 is 0 Å². The fourth-order valence-corrected chi connectivity index (χ4v) is 0.667. The Morgan fingerprint density at radius 1 is 1.18 bits per heavy atom. The predicted molar refractivity (Wildman–Crippen MR) is 52.9 cm³/mol. The van der Waals surface area contributed by atoms with Crippen molar-refractivity contribution in [1.29, 1.82) is 0 Å². The summed E-state index contributed by atoms with van der Waals surface area (Å²) in [6.07, 6.45) is 1.85. The third-order valence-corrected chi connectivity index (χ3v) is 1.07. The van der Waals surface area contributed by atoms with E-state index in [-0.39, 0.29) is 18.2 Å². The molecule has 0 bridgehead atoms. The molecule has 0 aliphatic rings. The van der Waals surface area contributed by atoms with Crippen molar-refractivity contribution in [2.24, 2.45) is 0 Å². The molecule has 0 radical (unpaired) electrons. The maximum absolute atomic E-state index is 3.48. The lowest BCUT2D eigenvalue weighted by Gasteiger charge is -1.85. The zero-order valence-electron chi connectivity index (χ0n) is 6.08. The van der Waals surface area contributed by atoms with Gasteiger partial charge in [0.15, 0.2) is 0 Å². The summed E-state index contributed by atoms with van der Waals surface area (Å²) in [6.45, 7) is 3.48. The molecule has 0 aliphatic carbocycles. The summed E-state index contributed by atoms with van der Waals surface area (Å²) < 4.78 is 0. The molecule has 1 aromatic rings. The highest BCUT2D eigenvalue weighted by Crippen LogP contribution is 1.98. The first-order valence-electron chi connectivity index (χ1n) is 2.84. The third kappa shape index (κ3) is 4.43. The molecule has 0 nitrogen and oxygen atoms in total. The SMILES string of the molecule is C=C=Cc1ccccc1.F.S. The van der Waals surface area contributed by atoms with Crippen LogP contribution >= 0.6 is 13.5 Å². The predicted octanol–water partition coefficient (Wildman–Crippen LogP) is 2.75.